The summed E-state index contributed by atoms with van der Waals surface area (Å²) in [6, 6.07) is 39.5. The number of ether oxygens (including phenoxy) is 1. The second-order valence-corrected chi connectivity index (χ2v) is 16.2. The van der Waals surface area contributed by atoms with Crippen LogP contribution in [0.3, 0.4) is 0 Å². The highest BCUT2D eigenvalue weighted by molar-refractivity contribution is 6.09. The van der Waals surface area contributed by atoms with Crippen molar-refractivity contribution >= 4 is 50.6 Å². The van der Waals surface area contributed by atoms with E-state index in [0.717, 1.165) is 78.1 Å². The van der Waals surface area contributed by atoms with Gasteiger partial charge in [-0.05, 0) is 111 Å². The Labute approximate surface area is 353 Å². The number of nitrogens with zero attached hydrogens (tertiary/aromatic N) is 5. The lowest BCUT2D eigenvalue weighted by molar-refractivity contribution is 0.483. The molecule has 1 aliphatic heterocycles. The van der Waals surface area contributed by atoms with Gasteiger partial charge in [-0.1, -0.05) is 83.3 Å². The lowest BCUT2D eigenvalue weighted by atomic mass is 9.87. The smallest absolute Gasteiger partial charge is 0.457 e. The number of pyridine rings is 2. The van der Waals surface area contributed by atoms with Crippen molar-refractivity contribution in [3.8, 4) is 28.4 Å². The summed E-state index contributed by atoms with van der Waals surface area (Å²) in [7, 11) is 0. The average Bonchev–Trinajstić information content (AvgIpc) is 3.78. The van der Waals surface area contributed by atoms with Gasteiger partial charge in [0.05, 0.1) is 23.3 Å². The van der Waals surface area contributed by atoms with Crippen LogP contribution in [0.4, 0.5) is 22.7 Å². The first kappa shape index (κ1) is 27.9. The number of hydrogen-bond donors (Lipinski definition) is 0. The molecule has 6 heteroatoms. The van der Waals surface area contributed by atoms with Crippen molar-refractivity contribution in [3.63, 3.8) is 0 Å². The van der Waals surface area contributed by atoms with Crippen molar-refractivity contribution in [3.05, 3.63) is 162 Å². The zero-order valence-electron chi connectivity index (χ0n) is 42.3. The number of aromatic nitrogens is 3. The zero-order chi connectivity index (χ0) is 48.0. The summed E-state index contributed by atoms with van der Waals surface area (Å²) in [5, 5.41) is 2.07. The summed E-state index contributed by atoms with van der Waals surface area (Å²) in [5.41, 5.74) is 7.52. The van der Waals surface area contributed by atoms with E-state index in [1.165, 1.54) is 24.3 Å². The molecule has 0 atom stereocenters. The fourth-order valence-electron chi connectivity index (χ4n) is 8.15. The largest absolute Gasteiger partial charge is 0.503 e. The fourth-order valence-corrected chi connectivity index (χ4v) is 8.15. The minimum Gasteiger partial charge on any atom is -0.457 e. The number of aryl methyl sites for hydroxylation is 3. The molecule has 0 saturated heterocycles. The summed E-state index contributed by atoms with van der Waals surface area (Å²) in [6.07, 6.45) is 5.50. The zero-order valence-corrected chi connectivity index (χ0v) is 33.3. The monoisotopic (exact) mass is 768 g/mol. The molecule has 1 aliphatic rings. The Morgan fingerprint density at radius 2 is 1.34 bits per heavy atom. The Morgan fingerprint density at radius 3 is 2.05 bits per heavy atom. The topological polar surface area (TPSA) is 46.0 Å². The molecule has 0 fully saturated rings. The molecule has 3 aromatic heterocycles. The lowest BCUT2D eigenvalue weighted by Crippen LogP contribution is -2.12. The van der Waals surface area contributed by atoms with Crippen molar-refractivity contribution in [1.29, 1.82) is 0 Å². The summed E-state index contributed by atoms with van der Waals surface area (Å²) >= 11 is 0. The van der Waals surface area contributed by atoms with Crippen LogP contribution in [0.15, 0.2) is 134 Å². The Morgan fingerprint density at radius 1 is 0.638 bits per heavy atom. The SMILES string of the molecule is [2H]C([2H])([2H])C(c1ccc([N+]2=C=[N+](c3cc(Oc4ccc5c6ccncc6n(-c6cc(C(C)(C)C)ccn6)c5c4)cc(-c4c(C)cc(C)cc4C)c3)c3ccccc32)cc1)(C([2H])([2H])[2H])C([2H])([2H])[2H]. The van der Waals surface area contributed by atoms with Crippen LogP contribution >= 0.6 is 0 Å². The van der Waals surface area contributed by atoms with Crippen molar-refractivity contribution in [2.24, 2.45) is 0 Å². The minimum absolute atomic E-state index is 0.0939. The summed E-state index contributed by atoms with van der Waals surface area (Å²) in [6.45, 7) is 2.68. The number of para-hydroxylation sites is 2. The first-order valence-corrected chi connectivity index (χ1v) is 19.3. The van der Waals surface area contributed by atoms with Crippen LogP contribution in [-0.2, 0) is 10.8 Å². The second-order valence-electron chi connectivity index (χ2n) is 16.2. The Kier molecular flexibility index (Phi) is 6.63. The molecule has 58 heavy (non-hydrogen) atoms. The molecule has 0 unspecified atom stereocenters. The van der Waals surface area contributed by atoms with Crippen LogP contribution in [0.2, 0.25) is 0 Å². The maximum absolute atomic E-state index is 8.23. The van der Waals surface area contributed by atoms with E-state index in [9.17, 15) is 0 Å². The van der Waals surface area contributed by atoms with Crippen LogP contribution in [0, 0.1) is 20.8 Å². The van der Waals surface area contributed by atoms with Gasteiger partial charge in [0.25, 0.3) is 11.4 Å². The minimum atomic E-state index is -3.38. The van der Waals surface area contributed by atoms with Gasteiger partial charge >= 0.3 is 6.01 Å². The third kappa shape index (κ3) is 6.60. The van der Waals surface area contributed by atoms with E-state index < -0.39 is 26.0 Å². The number of rotatable bonds is 6. The van der Waals surface area contributed by atoms with Gasteiger partial charge in [0.15, 0.2) is 0 Å². The van der Waals surface area contributed by atoms with E-state index in [-0.39, 0.29) is 11.0 Å². The molecule has 0 amide bonds. The highest BCUT2D eigenvalue weighted by Gasteiger charge is 2.37. The average molecular weight is 769 g/mol. The molecule has 0 bridgehead atoms. The molecule has 8 aromatic rings. The molecule has 0 radical (unpaired) electrons. The van der Waals surface area contributed by atoms with Crippen molar-refractivity contribution in [2.75, 3.05) is 0 Å². The Balaban J connectivity index is 1.21. The number of fused-ring (bicyclic) bond motifs is 4. The molecule has 9 rings (SSSR count). The van der Waals surface area contributed by atoms with Crippen LogP contribution in [0.1, 0.15) is 81.5 Å². The fraction of sp³-hybridized carbons (Fsp3) is 0.212. The molecule has 6 nitrogen and oxygen atoms in total. The van der Waals surface area contributed by atoms with Crippen molar-refractivity contribution in [2.45, 2.75) is 72.9 Å². The third-order valence-electron chi connectivity index (χ3n) is 10.9. The molecular formula is C52H49N5O+2. The standard InChI is InChI=1S/C52H49N5O/c1-33-24-34(2)50(35(3)25-33)36-26-40(56-32-55(45-12-10-11-13-46(45)56)39-16-14-37(15-17-39)51(4,5)6)29-42(27-36)58-41-18-19-43-44-21-22-53-31-48(44)57(47(43)30-41)49-28-38(20-23-54-49)52(7,8)9/h10-31H,1-9H3/q+2/i4D3,5D3,6D3. The van der Waals surface area contributed by atoms with Gasteiger partial charge in [-0.15, -0.1) is 0 Å². The lowest BCUT2D eigenvalue weighted by Gasteiger charge is -2.20. The molecular weight excluding hydrogens is 711 g/mol. The number of benzene rings is 5. The molecule has 0 spiro atoms. The summed E-state index contributed by atoms with van der Waals surface area (Å²) in [5.74, 6) is 1.95. The number of hydrogen-bond acceptors (Lipinski definition) is 3. The van der Waals surface area contributed by atoms with Gasteiger partial charge in [0.2, 0.25) is 11.4 Å². The molecule has 0 N–H and O–H groups in total. The van der Waals surface area contributed by atoms with Crippen LogP contribution < -0.4 is 13.9 Å². The Hall–Kier alpha value is -6.62. The molecule has 286 valence electrons. The van der Waals surface area contributed by atoms with Crippen LogP contribution in [0.5, 0.6) is 11.5 Å². The summed E-state index contributed by atoms with van der Waals surface area (Å²) < 4.78 is 86.7. The van der Waals surface area contributed by atoms with Crippen molar-refractivity contribution in [1.82, 2.24) is 23.7 Å². The summed E-state index contributed by atoms with van der Waals surface area (Å²) in [4.78, 5) is 9.32. The van der Waals surface area contributed by atoms with Gasteiger partial charge in [-0.2, -0.15) is 0 Å². The second kappa shape index (κ2) is 13.8. The van der Waals surface area contributed by atoms with E-state index in [1.54, 1.807) is 10.8 Å². The van der Waals surface area contributed by atoms with Crippen molar-refractivity contribution < 1.29 is 17.1 Å². The maximum atomic E-state index is 8.23. The van der Waals surface area contributed by atoms with Crippen LogP contribution in [-0.4, -0.2) is 20.5 Å². The molecule has 0 saturated carbocycles. The van der Waals surface area contributed by atoms with Gasteiger partial charge in [-0.25, -0.2) is 4.98 Å². The van der Waals surface area contributed by atoms with Gasteiger partial charge in [0, 0.05) is 71.9 Å². The quantitative estimate of drug-likeness (QED) is 0.158. The van der Waals surface area contributed by atoms with Crippen LogP contribution in [0.25, 0.3) is 38.8 Å². The maximum Gasteiger partial charge on any atom is 0.503 e. The predicted octanol–water partition coefficient (Wildman–Crippen LogP) is 13.4. The molecule has 4 heterocycles. The predicted molar refractivity (Wildman–Crippen MR) is 241 cm³/mol. The Bertz CT molecular complexity index is 3290. The molecule has 0 aliphatic carbocycles. The molecule has 5 aromatic carbocycles. The van der Waals surface area contributed by atoms with Gasteiger partial charge in [-0.3, -0.25) is 9.55 Å². The van der Waals surface area contributed by atoms with E-state index in [1.807, 2.05) is 77.6 Å². The third-order valence-corrected chi connectivity index (χ3v) is 10.9. The van der Waals surface area contributed by atoms with E-state index in [2.05, 4.69) is 87.4 Å². The van der Waals surface area contributed by atoms with E-state index in [4.69, 9.17) is 22.1 Å². The van der Waals surface area contributed by atoms with Gasteiger partial charge < -0.3 is 4.74 Å². The van der Waals surface area contributed by atoms with Gasteiger partial charge in [0.1, 0.15) is 17.3 Å². The normalized spacial score (nSPS) is 15.8. The first-order chi connectivity index (χ1) is 31.5. The first-order valence-electron chi connectivity index (χ1n) is 23.8. The van der Waals surface area contributed by atoms with E-state index >= 15 is 0 Å². The highest BCUT2D eigenvalue weighted by atomic mass is 16.5. The highest BCUT2D eigenvalue weighted by Crippen LogP contribution is 2.42. The van der Waals surface area contributed by atoms with E-state index in [0.29, 0.717) is 17.2 Å².